The summed E-state index contributed by atoms with van der Waals surface area (Å²) in [6.07, 6.45) is 2.30. The predicted octanol–water partition coefficient (Wildman–Crippen LogP) is 2.70. The molecule has 0 atom stereocenters. The molecule has 0 saturated heterocycles. The molecule has 13 heavy (non-hydrogen) atoms. The third-order valence-electron chi connectivity index (χ3n) is 2.05. The van der Waals surface area contributed by atoms with E-state index in [2.05, 4.69) is 15.3 Å². The van der Waals surface area contributed by atoms with E-state index in [1.54, 1.807) is 7.05 Å². The van der Waals surface area contributed by atoms with E-state index in [-0.39, 0.29) is 5.28 Å². The fourth-order valence-electron chi connectivity index (χ4n) is 1.23. The lowest BCUT2D eigenvalue weighted by atomic mass is 10.3. The molecule has 2 rings (SSSR count). The zero-order chi connectivity index (χ0) is 9.42. The Labute approximate surface area is 86.5 Å². The molecule has 5 heteroatoms. The second-order valence-electron chi connectivity index (χ2n) is 3.06. The van der Waals surface area contributed by atoms with Gasteiger partial charge in [-0.3, -0.25) is 0 Å². The third-order valence-corrected chi connectivity index (χ3v) is 2.59. The summed E-state index contributed by atoms with van der Waals surface area (Å²) in [5.41, 5.74) is 0.881. The molecule has 0 unspecified atom stereocenters. The van der Waals surface area contributed by atoms with Crippen LogP contribution in [0.4, 0.5) is 5.82 Å². The molecule has 1 aliphatic carbocycles. The smallest absolute Gasteiger partial charge is 0.224 e. The van der Waals surface area contributed by atoms with E-state index in [1.165, 1.54) is 0 Å². The standard InChI is InChI=1S/C8H9Cl2N3/c1-11-7-5(9)6(4-2-3-4)12-8(10)13-7/h4H,2-3H2,1H3,(H,11,12,13). The van der Waals surface area contributed by atoms with Crippen LogP contribution in [0.2, 0.25) is 10.3 Å². The molecule has 1 heterocycles. The van der Waals surface area contributed by atoms with Gasteiger partial charge in [0.15, 0.2) is 0 Å². The molecule has 0 radical (unpaired) electrons. The third kappa shape index (κ3) is 1.71. The monoisotopic (exact) mass is 217 g/mol. The lowest BCUT2D eigenvalue weighted by molar-refractivity contribution is 0.989. The highest BCUT2D eigenvalue weighted by molar-refractivity contribution is 6.34. The molecule has 0 aromatic carbocycles. The van der Waals surface area contributed by atoms with Crippen LogP contribution in [-0.2, 0) is 0 Å². The van der Waals surface area contributed by atoms with Gasteiger partial charge in [0.05, 0.1) is 5.69 Å². The van der Waals surface area contributed by atoms with Crippen molar-refractivity contribution in [2.75, 3.05) is 12.4 Å². The first-order valence-corrected chi connectivity index (χ1v) is 4.88. The number of hydrogen-bond donors (Lipinski definition) is 1. The first kappa shape index (κ1) is 9.03. The average molecular weight is 218 g/mol. The summed E-state index contributed by atoms with van der Waals surface area (Å²) in [6.45, 7) is 0. The van der Waals surface area contributed by atoms with Crippen LogP contribution in [0.25, 0.3) is 0 Å². The van der Waals surface area contributed by atoms with Crippen molar-refractivity contribution in [1.29, 1.82) is 0 Å². The maximum Gasteiger partial charge on any atom is 0.224 e. The molecular formula is C8H9Cl2N3. The van der Waals surface area contributed by atoms with Crippen LogP contribution >= 0.6 is 23.2 Å². The maximum absolute atomic E-state index is 6.07. The molecule has 1 aromatic rings. The van der Waals surface area contributed by atoms with Crippen molar-refractivity contribution in [1.82, 2.24) is 9.97 Å². The normalized spacial score (nSPS) is 15.9. The fourth-order valence-corrected chi connectivity index (χ4v) is 1.74. The predicted molar refractivity (Wildman–Crippen MR) is 53.6 cm³/mol. The Bertz CT molecular complexity index is 336. The molecule has 1 aliphatic rings. The Morgan fingerprint density at radius 1 is 1.31 bits per heavy atom. The highest BCUT2D eigenvalue weighted by atomic mass is 35.5. The summed E-state index contributed by atoms with van der Waals surface area (Å²) >= 11 is 11.8. The summed E-state index contributed by atoms with van der Waals surface area (Å²) in [7, 11) is 1.77. The summed E-state index contributed by atoms with van der Waals surface area (Å²) in [4.78, 5) is 8.10. The van der Waals surface area contributed by atoms with E-state index in [0.717, 1.165) is 18.5 Å². The van der Waals surface area contributed by atoms with Crippen LogP contribution in [0.3, 0.4) is 0 Å². The van der Waals surface area contributed by atoms with Gasteiger partial charge in [0, 0.05) is 13.0 Å². The lowest BCUT2D eigenvalue weighted by Gasteiger charge is -2.06. The molecule has 0 bridgehead atoms. The first-order chi connectivity index (χ1) is 6.22. The molecule has 0 spiro atoms. The zero-order valence-electron chi connectivity index (χ0n) is 7.14. The van der Waals surface area contributed by atoms with Gasteiger partial charge in [-0.1, -0.05) is 11.6 Å². The second-order valence-corrected chi connectivity index (χ2v) is 3.78. The maximum atomic E-state index is 6.07. The molecule has 1 fully saturated rings. The summed E-state index contributed by atoms with van der Waals surface area (Å²) in [5, 5.41) is 3.76. The van der Waals surface area contributed by atoms with Crippen molar-refractivity contribution in [3.8, 4) is 0 Å². The first-order valence-electron chi connectivity index (χ1n) is 4.13. The van der Waals surface area contributed by atoms with Crippen LogP contribution in [0, 0.1) is 0 Å². The van der Waals surface area contributed by atoms with Gasteiger partial charge in [0.2, 0.25) is 5.28 Å². The highest BCUT2D eigenvalue weighted by Gasteiger charge is 2.29. The Morgan fingerprint density at radius 2 is 2.00 bits per heavy atom. The van der Waals surface area contributed by atoms with Gasteiger partial charge in [-0.05, 0) is 24.4 Å². The van der Waals surface area contributed by atoms with Gasteiger partial charge < -0.3 is 5.32 Å². The molecule has 0 amide bonds. The quantitative estimate of drug-likeness (QED) is 0.775. The van der Waals surface area contributed by atoms with Crippen LogP contribution in [0.1, 0.15) is 24.5 Å². The number of rotatable bonds is 2. The zero-order valence-corrected chi connectivity index (χ0v) is 8.65. The van der Waals surface area contributed by atoms with Gasteiger partial charge in [-0.2, -0.15) is 4.98 Å². The van der Waals surface area contributed by atoms with E-state index in [4.69, 9.17) is 23.2 Å². The SMILES string of the molecule is CNc1nc(Cl)nc(C2CC2)c1Cl. The van der Waals surface area contributed by atoms with Crippen LogP contribution in [0.15, 0.2) is 0 Å². The Balaban J connectivity index is 2.47. The van der Waals surface area contributed by atoms with E-state index in [1.807, 2.05) is 0 Å². The molecule has 1 aromatic heterocycles. The minimum absolute atomic E-state index is 0.260. The van der Waals surface area contributed by atoms with Crippen molar-refractivity contribution in [3.63, 3.8) is 0 Å². The van der Waals surface area contributed by atoms with Crippen molar-refractivity contribution < 1.29 is 0 Å². The van der Waals surface area contributed by atoms with Crippen molar-refractivity contribution in [2.45, 2.75) is 18.8 Å². The van der Waals surface area contributed by atoms with E-state index < -0.39 is 0 Å². The van der Waals surface area contributed by atoms with Crippen molar-refractivity contribution in [2.24, 2.45) is 0 Å². The molecular weight excluding hydrogens is 209 g/mol. The number of nitrogens with one attached hydrogen (secondary N) is 1. The van der Waals surface area contributed by atoms with Crippen molar-refractivity contribution >= 4 is 29.0 Å². The van der Waals surface area contributed by atoms with Crippen LogP contribution < -0.4 is 5.32 Å². The van der Waals surface area contributed by atoms with Gasteiger partial charge in [-0.25, -0.2) is 4.98 Å². The van der Waals surface area contributed by atoms with E-state index >= 15 is 0 Å². The van der Waals surface area contributed by atoms with E-state index in [0.29, 0.717) is 16.8 Å². The second kappa shape index (κ2) is 3.31. The number of aromatic nitrogens is 2. The molecule has 1 N–H and O–H groups in total. The number of anilines is 1. The molecule has 0 aliphatic heterocycles. The van der Waals surface area contributed by atoms with Crippen molar-refractivity contribution in [3.05, 3.63) is 16.0 Å². The minimum atomic E-state index is 0.260. The highest BCUT2D eigenvalue weighted by Crippen LogP contribution is 2.43. The number of nitrogens with zero attached hydrogens (tertiary/aromatic N) is 2. The number of hydrogen-bond acceptors (Lipinski definition) is 3. The average Bonchev–Trinajstić information content (AvgIpc) is 2.91. The van der Waals surface area contributed by atoms with Crippen LogP contribution in [-0.4, -0.2) is 17.0 Å². The Hall–Kier alpha value is -0.540. The number of halogens is 2. The van der Waals surface area contributed by atoms with Crippen LogP contribution in [0.5, 0.6) is 0 Å². The summed E-state index contributed by atoms with van der Waals surface area (Å²) in [6, 6.07) is 0. The Morgan fingerprint density at radius 3 is 2.54 bits per heavy atom. The largest absolute Gasteiger partial charge is 0.372 e. The Kier molecular flexibility index (Phi) is 2.30. The fraction of sp³-hybridized carbons (Fsp3) is 0.500. The molecule has 70 valence electrons. The minimum Gasteiger partial charge on any atom is -0.372 e. The van der Waals surface area contributed by atoms with Gasteiger partial charge >= 0.3 is 0 Å². The lowest BCUT2D eigenvalue weighted by Crippen LogP contribution is -1.99. The summed E-state index contributed by atoms with van der Waals surface area (Å²) < 4.78 is 0. The van der Waals surface area contributed by atoms with Gasteiger partial charge in [0.25, 0.3) is 0 Å². The molecule has 1 saturated carbocycles. The van der Waals surface area contributed by atoms with Gasteiger partial charge in [0.1, 0.15) is 10.8 Å². The van der Waals surface area contributed by atoms with Gasteiger partial charge in [-0.15, -0.1) is 0 Å². The molecule has 3 nitrogen and oxygen atoms in total. The summed E-state index contributed by atoms with van der Waals surface area (Å²) in [5.74, 6) is 1.10. The topological polar surface area (TPSA) is 37.8 Å². The van der Waals surface area contributed by atoms with E-state index in [9.17, 15) is 0 Å².